The summed E-state index contributed by atoms with van der Waals surface area (Å²) in [6, 6.07) is 0. The van der Waals surface area contributed by atoms with E-state index in [0.717, 1.165) is 12.2 Å². The molecule has 0 heterocycles. The Morgan fingerprint density at radius 3 is 2.64 bits per heavy atom. The molecule has 0 aliphatic carbocycles. The summed E-state index contributed by atoms with van der Waals surface area (Å²) in [5, 5.41) is 0. The van der Waals surface area contributed by atoms with Crippen molar-refractivity contribution >= 4 is 11.8 Å². The van der Waals surface area contributed by atoms with Crippen molar-refractivity contribution in [2.45, 2.75) is 6.92 Å². The normalized spacial score (nSPS) is 9.09. The van der Waals surface area contributed by atoms with E-state index >= 15 is 0 Å². The first kappa shape index (κ1) is 9.44. The zero-order chi connectivity index (χ0) is 8.69. The molecule has 0 aromatic rings. The molecule has 0 aliphatic rings. The predicted octanol–water partition coefficient (Wildman–Crippen LogP) is 0.308. The molecular weight excluding hydrogens is 144 g/mol. The molecule has 11 heavy (non-hydrogen) atoms. The Kier molecular flexibility index (Phi) is 4.50. The molecule has 0 aromatic heterocycles. The average Bonchev–Trinajstić information content (AvgIpc) is 1.97. The van der Waals surface area contributed by atoms with E-state index in [1.165, 1.54) is 6.92 Å². The third kappa shape index (κ3) is 6.32. The predicted molar refractivity (Wildman–Crippen MR) is 39.6 cm³/mol. The Bertz CT molecular complexity index is 220. The van der Waals surface area contributed by atoms with Crippen LogP contribution < -0.4 is 0 Å². The molecule has 0 aromatic carbocycles. The SMILES string of the molecule is C#CCOC(=O)/C=C/C(C)=O. The van der Waals surface area contributed by atoms with Gasteiger partial charge in [0.25, 0.3) is 0 Å². The summed E-state index contributed by atoms with van der Waals surface area (Å²) in [5.74, 6) is 1.32. The van der Waals surface area contributed by atoms with Crippen molar-refractivity contribution in [2.24, 2.45) is 0 Å². The zero-order valence-corrected chi connectivity index (χ0v) is 6.16. The van der Waals surface area contributed by atoms with Gasteiger partial charge in [-0.2, -0.15) is 0 Å². The molecule has 0 bridgehead atoms. The van der Waals surface area contributed by atoms with Gasteiger partial charge < -0.3 is 4.74 Å². The number of terminal acetylenes is 1. The summed E-state index contributed by atoms with van der Waals surface area (Å²) in [4.78, 5) is 20.8. The Morgan fingerprint density at radius 1 is 1.55 bits per heavy atom. The minimum atomic E-state index is -0.599. The second-order valence-electron chi connectivity index (χ2n) is 1.76. The molecular formula is C8H8O3. The Balaban J connectivity index is 3.71. The van der Waals surface area contributed by atoms with Gasteiger partial charge in [0.1, 0.15) is 0 Å². The van der Waals surface area contributed by atoms with Crippen LogP contribution in [0.25, 0.3) is 0 Å². The van der Waals surface area contributed by atoms with Crippen LogP contribution >= 0.6 is 0 Å². The van der Waals surface area contributed by atoms with Crippen molar-refractivity contribution in [3.8, 4) is 12.3 Å². The number of carbonyl (C=O) groups is 2. The summed E-state index contributed by atoms with van der Waals surface area (Å²) in [6.45, 7) is 1.27. The maximum Gasteiger partial charge on any atom is 0.331 e. The Hall–Kier alpha value is -1.56. The average molecular weight is 152 g/mol. The fraction of sp³-hybridized carbons (Fsp3) is 0.250. The summed E-state index contributed by atoms with van der Waals surface area (Å²) >= 11 is 0. The van der Waals surface area contributed by atoms with Crippen LogP contribution in [0.5, 0.6) is 0 Å². The van der Waals surface area contributed by atoms with E-state index in [1.54, 1.807) is 0 Å². The van der Waals surface area contributed by atoms with Crippen LogP contribution in [0.4, 0.5) is 0 Å². The van der Waals surface area contributed by atoms with Gasteiger partial charge in [-0.1, -0.05) is 5.92 Å². The van der Waals surface area contributed by atoms with Crippen molar-refractivity contribution < 1.29 is 14.3 Å². The van der Waals surface area contributed by atoms with Crippen LogP contribution in [0.15, 0.2) is 12.2 Å². The van der Waals surface area contributed by atoms with Crippen LogP contribution in [0.3, 0.4) is 0 Å². The van der Waals surface area contributed by atoms with E-state index in [2.05, 4.69) is 10.7 Å². The lowest BCUT2D eigenvalue weighted by molar-refractivity contribution is -0.136. The highest BCUT2D eigenvalue weighted by molar-refractivity contribution is 5.94. The summed E-state index contributed by atoms with van der Waals surface area (Å²) < 4.78 is 4.43. The maximum absolute atomic E-state index is 10.5. The molecule has 3 heteroatoms. The molecule has 0 rings (SSSR count). The second-order valence-corrected chi connectivity index (χ2v) is 1.76. The van der Waals surface area contributed by atoms with Crippen molar-refractivity contribution in [3.05, 3.63) is 12.2 Å². The number of hydrogen-bond donors (Lipinski definition) is 0. The van der Waals surface area contributed by atoms with Gasteiger partial charge in [-0.05, 0) is 13.0 Å². The van der Waals surface area contributed by atoms with Crippen molar-refractivity contribution in [2.75, 3.05) is 6.61 Å². The summed E-state index contributed by atoms with van der Waals surface area (Å²) in [6.07, 6.45) is 6.98. The van der Waals surface area contributed by atoms with E-state index in [4.69, 9.17) is 6.42 Å². The van der Waals surface area contributed by atoms with Crippen LogP contribution in [-0.2, 0) is 14.3 Å². The first-order valence-corrected chi connectivity index (χ1v) is 2.95. The lowest BCUT2D eigenvalue weighted by atomic mass is 10.4. The van der Waals surface area contributed by atoms with Gasteiger partial charge >= 0.3 is 5.97 Å². The molecule has 0 saturated carbocycles. The van der Waals surface area contributed by atoms with Crippen molar-refractivity contribution in [1.82, 2.24) is 0 Å². The molecule has 0 N–H and O–H groups in total. The van der Waals surface area contributed by atoms with E-state index in [0.29, 0.717) is 0 Å². The Morgan fingerprint density at radius 2 is 2.18 bits per heavy atom. The second kappa shape index (κ2) is 5.24. The van der Waals surface area contributed by atoms with Gasteiger partial charge in [-0.25, -0.2) is 4.79 Å². The van der Waals surface area contributed by atoms with E-state index in [1.807, 2.05) is 0 Å². The lowest BCUT2D eigenvalue weighted by Gasteiger charge is -1.91. The van der Waals surface area contributed by atoms with Crippen LogP contribution in [0.2, 0.25) is 0 Å². The minimum absolute atomic E-state index is 0.0684. The largest absolute Gasteiger partial charge is 0.449 e. The lowest BCUT2D eigenvalue weighted by Crippen LogP contribution is -2.00. The van der Waals surface area contributed by atoms with Crippen LogP contribution in [0, 0.1) is 12.3 Å². The molecule has 0 spiro atoms. The molecule has 0 fully saturated rings. The number of allylic oxidation sites excluding steroid dienone is 1. The Labute approximate surface area is 65.0 Å². The highest BCUT2D eigenvalue weighted by Gasteiger charge is 1.93. The summed E-state index contributed by atoms with van der Waals surface area (Å²) in [5.41, 5.74) is 0. The van der Waals surface area contributed by atoms with Crippen molar-refractivity contribution in [1.29, 1.82) is 0 Å². The molecule has 0 amide bonds. The van der Waals surface area contributed by atoms with Gasteiger partial charge in [0.05, 0.1) is 0 Å². The fourth-order valence-corrected chi connectivity index (χ4v) is 0.346. The quantitative estimate of drug-likeness (QED) is 0.332. The minimum Gasteiger partial charge on any atom is -0.449 e. The maximum atomic E-state index is 10.5. The smallest absolute Gasteiger partial charge is 0.331 e. The zero-order valence-electron chi connectivity index (χ0n) is 6.16. The van der Waals surface area contributed by atoms with Crippen LogP contribution in [-0.4, -0.2) is 18.4 Å². The fourth-order valence-electron chi connectivity index (χ4n) is 0.346. The van der Waals surface area contributed by atoms with Gasteiger partial charge in [0, 0.05) is 6.08 Å². The molecule has 0 saturated heterocycles. The molecule has 0 atom stereocenters. The highest BCUT2D eigenvalue weighted by Crippen LogP contribution is 1.81. The number of hydrogen-bond acceptors (Lipinski definition) is 3. The highest BCUT2D eigenvalue weighted by atomic mass is 16.5. The molecule has 0 unspecified atom stereocenters. The van der Waals surface area contributed by atoms with E-state index < -0.39 is 5.97 Å². The van der Waals surface area contributed by atoms with Gasteiger partial charge in [0.2, 0.25) is 0 Å². The number of ether oxygens (including phenoxy) is 1. The summed E-state index contributed by atoms with van der Waals surface area (Å²) in [7, 11) is 0. The van der Waals surface area contributed by atoms with Crippen LogP contribution in [0.1, 0.15) is 6.92 Å². The van der Waals surface area contributed by atoms with E-state index in [9.17, 15) is 9.59 Å². The molecule has 58 valence electrons. The standard InChI is InChI=1S/C8H8O3/c1-3-6-11-8(10)5-4-7(2)9/h1,4-5H,6H2,2H3/b5-4+. The molecule has 0 radical (unpaired) electrons. The number of ketones is 1. The third-order valence-electron chi connectivity index (χ3n) is 0.752. The van der Waals surface area contributed by atoms with Crippen molar-refractivity contribution in [3.63, 3.8) is 0 Å². The van der Waals surface area contributed by atoms with Gasteiger partial charge in [-0.15, -0.1) is 6.42 Å². The molecule has 3 nitrogen and oxygen atoms in total. The monoisotopic (exact) mass is 152 g/mol. The van der Waals surface area contributed by atoms with Gasteiger partial charge in [-0.3, -0.25) is 4.79 Å². The topological polar surface area (TPSA) is 43.4 Å². The molecule has 0 aliphatic heterocycles. The first-order valence-electron chi connectivity index (χ1n) is 2.95. The third-order valence-corrected chi connectivity index (χ3v) is 0.752. The number of rotatable bonds is 3. The van der Waals surface area contributed by atoms with Gasteiger partial charge in [0.15, 0.2) is 12.4 Å². The first-order chi connectivity index (χ1) is 5.16. The number of esters is 1. The van der Waals surface area contributed by atoms with E-state index in [-0.39, 0.29) is 12.4 Å². The number of carbonyl (C=O) groups excluding carboxylic acids is 2.